The molecule has 2 saturated heterocycles. The van der Waals surface area contributed by atoms with E-state index in [4.69, 9.17) is 4.74 Å². The summed E-state index contributed by atoms with van der Waals surface area (Å²) in [4.78, 5) is 11.6. The first-order valence-electron chi connectivity index (χ1n) is 4.95. The predicted molar refractivity (Wildman–Crippen MR) is 48.3 cm³/mol. The lowest BCUT2D eigenvalue weighted by Crippen LogP contribution is -2.51. The van der Waals surface area contributed by atoms with Crippen LogP contribution in [0.2, 0.25) is 0 Å². The molecule has 2 rings (SSSR count). The lowest BCUT2D eigenvalue weighted by Gasteiger charge is -2.30. The smallest absolute Gasteiger partial charge is 0.223 e. The Morgan fingerprint density at radius 2 is 2.00 bits per heavy atom. The molecule has 4 nitrogen and oxygen atoms in total. The third kappa shape index (κ3) is 2.19. The van der Waals surface area contributed by atoms with Crippen molar-refractivity contribution >= 4 is 5.91 Å². The van der Waals surface area contributed by atoms with E-state index in [9.17, 15) is 4.79 Å². The van der Waals surface area contributed by atoms with Gasteiger partial charge in [-0.25, -0.2) is 0 Å². The van der Waals surface area contributed by atoms with Gasteiger partial charge in [0.1, 0.15) is 0 Å². The number of rotatable bonds is 2. The van der Waals surface area contributed by atoms with Gasteiger partial charge in [0, 0.05) is 5.92 Å². The normalized spacial score (nSPS) is 25.2. The fourth-order valence-electron chi connectivity index (χ4n) is 1.72. The predicted octanol–water partition coefficient (Wildman–Crippen LogP) is -0.499. The Hall–Kier alpha value is -0.610. The van der Waals surface area contributed by atoms with Crippen LogP contribution in [0.25, 0.3) is 0 Å². The zero-order valence-corrected chi connectivity index (χ0v) is 7.71. The van der Waals surface area contributed by atoms with Crippen molar-refractivity contribution in [2.24, 2.45) is 5.92 Å². The van der Waals surface area contributed by atoms with Crippen LogP contribution in [0.3, 0.4) is 0 Å². The molecule has 0 unspecified atom stereocenters. The molecule has 0 bridgehead atoms. The first kappa shape index (κ1) is 8.97. The van der Waals surface area contributed by atoms with Crippen LogP contribution in [0.5, 0.6) is 0 Å². The SMILES string of the molecule is O=C(NC1COC1)C1CCNCC1. The number of hydrogen-bond acceptors (Lipinski definition) is 3. The minimum Gasteiger partial charge on any atom is -0.377 e. The van der Waals surface area contributed by atoms with Crippen LogP contribution in [0.1, 0.15) is 12.8 Å². The number of piperidine rings is 1. The molecule has 4 heteroatoms. The zero-order valence-electron chi connectivity index (χ0n) is 7.71. The maximum absolute atomic E-state index is 11.6. The Bertz CT molecular complexity index is 186. The lowest BCUT2D eigenvalue weighted by molar-refractivity contribution is -0.129. The van der Waals surface area contributed by atoms with Gasteiger partial charge in [0.2, 0.25) is 5.91 Å². The van der Waals surface area contributed by atoms with Crippen LogP contribution in [-0.2, 0) is 9.53 Å². The van der Waals surface area contributed by atoms with Crippen LogP contribution in [-0.4, -0.2) is 38.3 Å². The van der Waals surface area contributed by atoms with Crippen molar-refractivity contribution in [3.8, 4) is 0 Å². The molecule has 0 spiro atoms. The summed E-state index contributed by atoms with van der Waals surface area (Å²) in [6, 6.07) is 0.280. The van der Waals surface area contributed by atoms with E-state index in [-0.39, 0.29) is 17.9 Å². The molecule has 13 heavy (non-hydrogen) atoms. The van der Waals surface area contributed by atoms with E-state index in [1.54, 1.807) is 0 Å². The van der Waals surface area contributed by atoms with Crippen molar-refractivity contribution < 1.29 is 9.53 Å². The van der Waals surface area contributed by atoms with Gasteiger partial charge < -0.3 is 15.4 Å². The molecule has 2 heterocycles. The van der Waals surface area contributed by atoms with Crippen molar-refractivity contribution in [1.82, 2.24) is 10.6 Å². The molecule has 0 aliphatic carbocycles. The zero-order chi connectivity index (χ0) is 9.10. The fraction of sp³-hybridized carbons (Fsp3) is 0.889. The van der Waals surface area contributed by atoms with Crippen molar-refractivity contribution in [2.75, 3.05) is 26.3 Å². The molecule has 2 N–H and O–H groups in total. The number of carbonyl (C=O) groups excluding carboxylic acids is 1. The van der Waals surface area contributed by atoms with E-state index in [1.807, 2.05) is 0 Å². The van der Waals surface area contributed by atoms with E-state index in [0.29, 0.717) is 13.2 Å². The highest BCUT2D eigenvalue weighted by Gasteiger charge is 2.26. The van der Waals surface area contributed by atoms with Gasteiger partial charge in [0.05, 0.1) is 19.3 Å². The summed E-state index contributed by atoms with van der Waals surface area (Å²) in [6.45, 7) is 3.33. The van der Waals surface area contributed by atoms with E-state index in [1.165, 1.54) is 0 Å². The van der Waals surface area contributed by atoms with E-state index in [2.05, 4.69) is 10.6 Å². The molecule has 0 radical (unpaired) electrons. The van der Waals surface area contributed by atoms with E-state index in [0.717, 1.165) is 25.9 Å². The third-order valence-electron chi connectivity index (χ3n) is 2.69. The van der Waals surface area contributed by atoms with E-state index < -0.39 is 0 Å². The summed E-state index contributed by atoms with van der Waals surface area (Å²) < 4.78 is 5.00. The molecule has 0 aromatic carbocycles. The maximum Gasteiger partial charge on any atom is 0.223 e. The average molecular weight is 184 g/mol. The maximum atomic E-state index is 11.6. The largest absolute Gasteiger partial charge is 0.377 e. The van der Waals surface area contributed by atoms with Crippen LogP contribution in [0.4, 0.5) is 0 Å². The Kier molecular flexibility index (Phi) is 2.80. The van der Waals surface area contributed by atoms with Crippen LogP contribution in [0.15, 0.2) is 0 Å². The molecular formula is C9H16N2O2. The van der Waals surface area contributed by atoms with Gasteiger partial charge in [-0.05, 0) is 25.9 Å². The molecule has 0 saturated carbocycles. The number of nitrogens with one attached hydrogen (secondary N) is 2. The Morgan fingerprint density at radius 3 is 2.54 bits per heavy atom. The van der Waals surface area contributed by atoms with Crippen LogP contribution in [0, 0.1) is 5.92 Å². The third-order valence-corrected chi connectivity index (χ3v) is 2.69. The Morgan fingerprint density at radius 1 is 1.31 bits per heavy atom. The minimum atomic E-state index is 0.217. The number of carbonyl (C=O) groups is 1. The molecule has 2 aliphatic heterocycles. The van der Waals surface area contributed by atoms with Gasteiger partial charge in [-0.3, -0.25) is 4.79 Å². The van der Waals surface area contributed by atoms with Gasteiger partial charge in [-0.1, -0.05) is 0 Å². The van der Waals surface area contributed by atoms with Gasteiger partial charge in [0.15, 0.2) is 0 Å². The summed E-state index contributed by atoms with van der Waals surface area (Å²) >= 11 is 0. The second-order valence-corrected chi connectivity index (χ2v) is 3.77. The Labute approximate surface area is 78.0 Å². The fourth-order valence-corrected chi connectivity index (χ4v) is 1.72. The summed E-state index contributed by atoms with van der Waals surface area (Å²) in [7, 11) is 0. The van der Waals surface area contributed by atoms with Crippen molar-refractivity contribution in [2.45, 2.75) is 18.9 Å². The van der Waals surface area contributed by atoms with Crippen LogP contribution < -0.4 is 10.6 Å². The summed E-state index contributed by atoms with van der Waals surface area (Å²) in [5.74, 6) is 0.441. The number of amides is 1. The first-order chi connectivity index (χ1) is 6.36. The quantitative estimate of drug-likeness (QED) is 0.608. The monoisotopic (exact) mass is 184 g/mol. The second kappa shape index (κ2) is 4.07. The number of ether oxygens (including phenoxy) is 1. The molecule has 0 atom stereocenters. The molecule has 0 aromatic rings. The summed E-state index contributed by atoms with van der Waals surface area (Å²) in [5, 5.41) is 6.24. The standard InChI is InChI=1S/C9H16N2O2/c12-9(11-8-5-13-6-8)7-1-3-10-4-2-7/h7-8,10H,1-6H2,(H,11,12). The highest BCUT2D eigenvalue weighted by molar-refractivity contribution is 5.79. The highest BCUT2D eigenvalue weighted by Crippen LogP contribution is 2.12. The topological polar surface area (TPSA) is 50.4 Å². The van der Waals surface area contributed by atoms with Crippen molar-refractivity contribution in [3.63, 3.8) is 0 Å². The minimum absolute atomic E-state index is 0.217. The van der Waals surface area contributed by atoms with Gasteiger partial charge >= 0.3 is 0 Å². The molecule has 1 amide bonds. The molecule has 2 aliphatic rings. The Balaban J connectivity index is 1.74. The number of hydrogen-bond donors (Lipinski definition) is 2. The second-order valence-electron chi connectivity index (χ2n) is 3.77. The van der Waals surface area contributed by atoms with Crippen LogP contribution >= 0.6 is 0 Å². The molecule has 2 fully saturated rings. The van der Waals surface area contributed by atoms with Crippen molar-refractivity contribution in [3.05, 3.63) is 0 Å². The summed E-state index contributed by atoms with van der Waals surface area (Å²) in [5.41, 5.74) is 0. The van der Waals surface area contributed by atoms with E-state index >= 15 is 0 Å². The molecule has 0 aromatic heterocycles. The molecular weight excluding hydrogens is 168 g/mol. The van der Waals surface area contributed by atoms with Gasteiger partial charge in [-0.2, -0.15) is 0 Å². The first-order valence-corrected chi connectivity index (χ1v) is 4.95. The lowest BCUT2D eigenvalue weighted by atomic mass is 9.97. The average Bonchev–Trinajstić information content (AvgIpc) is 2.12. The molecule has 74 valence electrons. The highest BCUT2D eigenvalue weighted by atomic mass is 16.5. The van der Waals surface area contributed by atoms with Gasteiger partial charge in [-0.15, -0.1) is 0 Å². The van der Waals surface area contributed by atoms with Gasteiger partial charge in [0.25, 0.3) is 0 Å². The summed E-state index contributed by atoms with van der Waals surface area (Å²) in [6.07, 6.45) is 1.94. The van der Waals surface area contributed by atoms with Crippen molar-refractivity contribution in [1.29, 1.82) is 0 Å².